The van der Waals surface area contributed by atoms with Gasteiger partial charge in [-0.2, -0.15) is 0 Å². The zero-order valence-corrected chi connectivity index (χ0v) is 8.56. The van der Waals surface area contributed by atoms with E-state index in [2.05, 4.69) is 26.1 Å². The van der Waals surface area contributed by atoms with Crippen LogP contribution in [0.5, 0.6) is 0 Å². The quantitative estimate of drug-likeness (QED) is 0.673. The Balaban J connectivity index is 2.34. The Bertz CT molecular complexity index is 133. The van der Waals surface area contributed by atoms with Gasteiger partial charge in [0, 0.05) is 18.6 Å². The molecule has 1 unspecified atom stereocenters. The van der Waals surface area contributed by atoms with Crippen molar-refractivity contribution in [2.24, 2.45) is 11.1 Å². The van der Waals surface area contributed by atoms with Crippen molar-refractivity contribution in [3.8, 4) is 0 Å². The van der Waals surface area contributed by atoms with Crippen LogP contribution < -0.4 is 11.1 Å². The van der Waals surface area contributed by atoms with Crippen LogP contribution in [0, 0.1) is 5.41 Å². The van der Waals surface area contributed by atoms with Crippen LogP contribution in [0.4, 0.5) is 0 Å². The molecule has 0 radical (unpaired) electrons. The molecule has 1 rings (SSSR count). The van der Waals surface area contributed by atoms with E-state index in [1.165, 1.54) is 19.3 Å². The average molecular weight is 170 g/mol. The smallest absolute Gasteiger partial charge is 0.0241 e. The van der Waals surface area contributed by atoms with Crippen LogP contribution in [0.25, 0.3) is 0 Å². The van der Waals surface area contributed by atoms with E-state index in [4.69, 9.17) is 5.73 Å². The van der Waals surface area contributed by atoms with Gasteiger partial charge in [0.05, 0.1) is 0 Å². The lowest BCUT2D eigenvalue weighted by atomic mass is 9.84. The van der Waals surface area contributed by atoms with Crippen molar-refractivity contribution >= 4 is 0 Å². The van der Waals surface area contributed by atoms with Crippen molar-refractivity contribution in [2.75, 3.05) is 6.54 Å². The summed E-state index contributed by atoms with van der Waals surface area (Å²) in [6.07, 6.45) is 4.07. The van der Waals surface area contributed by atoms with Gasteiger partial charge in [0.15, 0.2) is 0 Å². The van der Waals surface area contributed by atoms with Crippen molar-refractivity contribution in [2.45, 2.75) is 52.1 Å². The number of nitrogens with two attached hydrogens (primary N) is 1. The van der Waals surface area contributed by atoms with Gasteiger partial charge in [0.2, 0.25) is 0 Å². The van der Waals surface area contributed by atoms with Crippen LogP contribution in [0.15, 0.2) is 0 Å². The number of hydrogen-bond acceptors (Lipinski definition) is 2. The zero-order chi connectivity index (χ0) is 9.19. The van der Waals surface area contributed by atoms with E-state index in [1.54, 1.807) is 0 Å². The van der Waals surface area contributed by atoms with Crippen LogP contribution in [-0.4, -0.2) is 18.6 Å². The van der Waals surface area contributed by atoms with Crippen molar-refractivity contribution in [1.29, 1.82) is 0 Å². The van der Waals surface area contributed by atoms with E-state index in [0.29, 0.717) is 11.5 Å². The first-order valence-corrected chi connectivity index (χ1v) is 5.00. The van der Waals surface area contributed by atoms with Gasteiger partial charge in [0.1, 0.15) is 0 Å². The lowest BCUT2D eigenvalue weighted by Crippen LogP contribution is -2.52. The monoisotopic (exact) mass is 170 g/mol. The fourth-order valence-electron chi connectivity index (χ4n) is 1.53. The largest absolute Gasteiger partial charge is 0.329 e. The molecule has 0 bridgehead atoms. The standard InChI is InChI=1S/C10H22N2/c1-10(2,3)9(7-11)12-8-5-4-6-8/h8-9,12H,4-7,11H2,1-3H3. The lowest BCUT2D eigenvalue weighted by Gasteiger charge is -2.37. The molecule has 0 saturated heterocycles. The molecule has 1 saturated carbocycles. The van der Waals surface area contributed by atoms with E-state index >= 15 is 0 Å². The maximum atomic E-state index is 5.72. The highest BCUT2D eigenvalue weighted by atomic mass is 15.0. The normalized spacial score (nSPS) is 22.0. The molecule has 12 heavy (non-hydrogen) atoms. The summed E-state index contributed by atoms with van der Waals surface area (Å²) >= 11 is 0. The van der Waals surface area contributed by atoms with Crippen LogP contribution in [0.2, 0.25) is 0 Å². The van der Waals surface area contributed by atoms with E-state index < -0.39 is 0 Å². The molecule has 0 heterocycles. The van der Waals surface area contributed by atoms with Crippen LogP contribution >= 0.6 is 0 Å². The van der Waals surface area contributed by atoms with Gasteiger partial charge in [0.25, 0.3) is 0 Å². The minimum absolute atomic E-state index is 0.296. The van der Waals surface area contributed by atoms with Crippen molar-refractivity contribution in [1.82, 2.24) is 5.32 Å². The summed E-state index contributed by atoms with van der Waals surface area (Å²) in [6, 6.07) is 1.22. The highest BCUT2D eigenvalue weighted by Crippen LogP contribution is 2.24. The molecule has 0 aromatic heterocycles. The van der Waals surface area contributed by atoms with Crippen molar-refractivity contribution in [3.63, 3.8) is 0 Å². The number of rotatable bonds is 3. The fraction of sp³-hybridized carbons (Fsp3) is 1.00. The van der Waals surface area contributed by atoms with Gasteiger partial charge in [-0.25, -0.2) is 0 Å². The summed E-state index contributed by atoms with van der Waals surface area (Å²) in [4.78, 5) is 0. The summed E-state index contributed by atoms with van der Waals surface area (Å²) in [5, 5.41) is 3.62. The molecule has 0 aromatic rings. The molecule has 1 atom stereocenters. The number of hydrogen-bond donors (Lipinski definition) is 2. The summed E-state index contributed by atoms with van der Waals surface area (Å²) in [7, 11) is 0. The predicted octanol–water partition coefficient (Wildman–Crippen LogP) is 1.50. The molecule has 0 aromatic carbocycles. The summed E-state index contributed by atoms with van der Waals surface area (Å²) in [5.41, 5.74) is 6.02. The van der Waals surface area contributed by atoms with E-state index in [-0.39, 0.29) is 0 Å². The van der Waals surface area contributed by atoms with Gasteiger partial charge >= 0.3 is 0 Å². The van der Waals surface area contributed by atoms with Crippen molar-refractivity contribution in [3.05, 3.63) is 0 Å². The molecular weight excluding hydrogens is 148 g/mol. The van der Waals surface area contributed by atoms with Gasteiger partial charge in [-0.1, -0.05) is 27.2 Å². The molecule has 2 nitrogen and oxygen atoms in total. The van der Waals surface area contributed by atoms with Gasteiger partial charge in [-0.15, -0.1) is 0 Å². The summed E-state index contributed by atoms with van der Waals surface area (Å²) in [5.74, 6) is 0. The maximum Gasteiger partial charge on any atom is 0.0241 e. The third kappa shape index (κ3) is 2.46. The molecule has 72 valence electrons. The SMILES string of the molecule is CC(C)(C)C(CN)NC1CCC1. The van der Waals surface area contributed by atoms with Crippen LogP contribution in [-0.2, 0) is 0 Å². The maximum absolute atomic E-state index is 5.72. The molecule has 1 aliphatic carbocycles. The van der Waals surface area contributed by atoms with Gasteiger partial charge in [-0.3, -0.25) is 0 Å². The molecular formula is C10H22N2. The van der Waals surface area contributed by atoms with Crippen LogP contribution in [0.1, 0.15) is 40.0 Å². The van der Waals surface area contributed by atoms with Gasteiger partial charge in [-0.05, 0) is 18.3 Å². The first-order valence-electron chi connectivity index (χ1n) is 5.00. The summed E-state index contributed by atoms with van der Waals surface area (Å²) in [6.45, 7) is 7.49. The van der Waals surface area contributed by atoms with Crippen LogP contribution in [0.3, 0.4) is 0 Å². The Morgan fingerprint density at radius 1 is 1.42 bits per heavy atom. The van der Waals surface area contributed by atoms with Crippen molar-refractivity contribution < 1.29 is 0 Å². The lowest BCUT2D eigenvalue weighted by molar-refractivity contribution is 0.212. The Kier molecular flexibility index (Phi) is 3.13. The molecule has 0 amide bonds. The third-order valence-corrected chi connectivity index (χ3v) is 2.82. The number of nitrogens with one attached hydrogen (secondary N) is 1. The summed E-state index contributed by atoms with van der Waals surface area (Å²) < 4.78 is 0. The Morgan fingerprint density at radius 3 is 2.25 bits per heavy atom. The minimum Gasteiger partial charge on any atom is -0.329 e. The molecule has 0 aliphatic heterocycles. The molecule has 2 heteroatoms. The fourth-order valence-corrected chi connectivity index (χ4v) is 1.53. The third-order valence-electron chi connectivity index (χ3n) is 2.82. The molecule has 0 spiro atoms. The highest BCUT2D eigenvalue weighted by molar-refractivity contribution is 4.87. The first kappa shape index (κ1) is 10.0. The Hall–Kier alpha value is -0.0800. The van der Waals surface area contributed by atoms with E-state index in [0.717, 1.165) is 12.6 Å². The molecule has 3 N–H and O–H groups in total. The average Bonchev–Trinajstić information content (AvgIpc) is 1.82. The zero-order valence-electron chi connectivity index (χ0n) is 8.56. The van der Waals surface area contributed by atoms with Gasteiger partial charge < -0.3 is 11.1 Å². The second kappa shape index (κ2) is 3.75. The molecule has 1 aliphatic rings. The Morgan fingerprint density at radius 2 is 2.00 bits per heavy atom. The predicted molar refractivity (Wildman–Crippen MR) is 53.1 cm³/mol. The topological polar surface area (TPSA) is 38.0 Å². The first-order chi connectivity index (χ1) is 5.54. The molecule has 1 fully saturated rings. The Labute approximate surface area is 75.9 Å². The second-order valence-electron chi connectivity index (χ2n) is 4.95. The van der Waals surface area contributed by atoms with E-state index in [1.807, 2.05) is 0 Å². The van der Waals surface area contributed by atoms with E-state index in [9.17, 15) is 0 Å². The minimum atomic E-state index is 0.296. The highest BCUT2D eigenvalue weighted by Gasteiger charge is 2.27. The second-order valence-corrected chi connectivity index (χ2v) is 4.95.